The number of carbonyl (C=O) groups is 1. The lowest BCUT2D eigenvalue weighted by Crippen LogP contribution is -2.44. The van der Waals surface area contributed by atoms with E-state index in [1.165, 1.54) is 0 Å². The molecule has 0 saturated carbocycles. The van der Waals surface area contributed by atoms with Gasteiger partial charge in [0.25, 0.3) is 0 Å². The number of Topliss-reactive ketones (excluding diaryl/α,β-unsaturated/α-hetero) is 1. The predicted octanol–water partition coefficient (Wildman–Crippen LogP) is 2.60. The fourth-order valence-electron chi connectivity index (χ4n) is 3.39. The number of hydrogen-bond acceptors (Lipinski definition) is 4. The molecule has 2 aliphatic rings. The van der Waals surface area contributed by atoms with Gasteiger partial charge in [0, 0.05) is 19.6 Å². The Balaban J connectivity index is 1.76. The summed E-state index contributed by atoms with van der Waals surface area (Å²) in [5.74, 6) is 2.66. The second kappa shape index (κ2) is 5.53. The molecule has 20 heavy (non-hydrogen) atoms. The third-order valence-electron chi connectivity index (χ3n) is 4.52. The Kier molecular flexibility index (Phi) is 3.91. The molecule has 3 rings (SSSR count). The highest BCUT2D eigenvalue weighted by atomic mass is 32.2. The van der Waals surface area contributed by atoms with Crippen LogP contribution in [-0.4, -0.2) is 39.3 Å². The van der Waals surface area contributed by atoms with Crippen LogP contribution in [0.25, 0.3) is 0 Å². The first kappa shape index (κ1) is 14.1. The van der Waals surface area contributed by atoms with Crippen LogP contribution < -0.4 is 0 Å². The standard InChI is InChI=1S/C15H22N2O2S/c1-11-9-13(17(2)16-11)14(18)12-3-6-19-15(10-12)4-7-20-8-5-15/h9,12H,3-8,10H2,1-2H3. The number of hydrogen-bond donors (Lipinski definition) is 0. The molecule has 110 valence electrons. The molecule has 1 aromatic rings. The van der Waals surface area contributed by atoms with Gasteiger partial charge in [0.2, 0.25) is 0 Å². The Morgan fingerprint density at radius 1 is 1.50 bits per heavy atom. The summed E-state index contributed by atoms with van der Waals surface area (Å²) >= 11 is 2.00. The fourth-order valence-corrected chi connectivity index (χ4v) is 4.63. The largest absolute Gasteiger partial charge is 0.375 e. The van der Waals surface area contributed by atoms with Crippen LogP contribution in [0, 0.1) is 12.8 Å². The van der Waals surface area contributed by atoms with Gasteiger partial charge in [-0.3, -0.25) is 9.48 Å². The molecule has 4 nitrogen and oxygen atoms in total. The summed E-state index contributed by atoms with van der Waals surface area (Å²) in [6.45, 7) is 2.65. The third kappa shape index (κ3) is 2.66. The second-order valence-corrected chi connectivity index (χ2v) is 7.22. The van der Waals surface area contributed by atoms with E-state index in [0.29, 0.717) is 0 Å². The lowest BCUT2D eigenvalue weighted by atomic mass is 9.79. The number of aryl methyl sites for hydroxylation is 2. The average Bonchev–Trinajstić information content (AvgIpc) is 2.78. The van der Waals surface area contributed by atoms with Crippen molar-refractivity contribution in [3.63, 3.8) is 0 Å². The molecule has 0 aromatic carbocycles. The van der Waals surface area contributed by atoms with E-state index in [1.807, 2.05) is 31.8 Å². The molecule has 1 spiro atoms. The molecule has 1 unspecified atom stereocenters. The summed E-state index contributed by atoms with van der Waals surface area (Å²) in [6, 6.07) is 1.90. The second-order valence-electron chi connectivity index (χ2n) is 5.99. The van der Waals surface area contributed by atoms with Crippen molar-refractivity contribution in [3.05, 3.63) is 17.5 Å². The van der Waals surface area contributed by atoms with Crippen molar-refractivity contribution in [2.45, 2.75) is 38.2 Å². The Morgan fingerprint density at radius 3 is 2.90 bits per heavy atom. The van der Waals surface area contributed by atoms with Crippen LogP contribution in [-0.2, 0) is 11.8 Å². The Bertz CT molecular complexity index is 500. The lowest BCUT2D eigenvalue weighted by Gasteiger charge is -2.42. The van der Waals surface area contributed by atoms with Gasteiger partial charge in [0.15, 0.2) is 5.78 Å². The van der Waals surface area contributed by atoms with Gasteiger partial charge in [-0.1, -0.05) is 0 Å². The molecule has 0 N–H and O–H groups in total. The number of ether oxygens (including phenoxy) is 1. The minimum Gasteiger partial charge on any atom is -0.375 e. The van der Waals surface area contributed by atoms with E-state index in [1.54, 1.807) is 4.68 Å². The van der Waals surface area contributed by atoms with Gasteiger partial charge >= 0.3 is 0 Å². The van der Waals surface area contributed by atoms with Crippen LogP contribution in [0.5, 0.6) is 0 Å². The van der Waals surface area contributed by atoms with Crippen LogP contribution in [0.3, 0.4) is 0 Å². The topological polar surface area (TPSA) is 44.1 Å². The Hall–Kier alpha value is -0.810. The molecule has 2 saturated heterocycles. The first-order valence-electron chi connectivity index (χ1n) is 7.36. The van der Waals surface area contributed by atoms with Gasteiger partial charge in [-0.05, 0) is 50.2 Å². The highest BCUT2D eigenvalue weighted by molar-refractivity contribution is 7.99. The molecular formula is C15H22N2O2S. The van der Waals surface area contributed by atoms with Gasteiger partial charge in [0.05, 0.1) is 11.3 Å². The number of aromatic nitrogens is 2. The average molecular weight is 294 g/mol. The summed E-state index contributed by atoms with van der Waals surface area (Å²) < 4.78 is 7.79. The number of rotatable bonds is 2. The Labute approximate surface area is 124 Å². The molecule has 2 aliphatic heterocycles. The van der Waals surface area contributed by atoms with Crippen molar-refractivity contribution in [3.8, 4) is 0 Å². The molecule has 0 aliphatic carbocycles. The zero-order chi connectivity index (χ0) is 14.2. The van der Waals surface area contributed by atoms with E-state index >= 15 is 0 Å². The minimum atomic E-state index is -0.0303. The number of ketones is 1. The summed E-state index contributed by atoms with van der Waals surface area (Å²) in [4.78, 5) is 12.7. The van der Waals surface area contributed by atoms with Crippen LogP contribution in [0.2, 0.25) is 0 Å². The molecule has 0 bridgehead atoms. The Morgan fingerprint density at radius 2 is 2.25 bits per heavy atom. The van der Waals surface area contributed by atoms with Crippen molar-refractivity contribution in [2.24, 2.45) is 13.0 Å². The first-order chi connectivity index (χ1) is 9.60. The van der Waals surface area contributed by atoms with Crippen LogP contribution in [0.4, 0.5) is 0 Å². The van der Waals surface area contributed by atoms with E-state index in [2.05, 4.69) is 5.10 Å². The highest BCUT2D eigenvalue weighted by Crippen LogP contribution is 2.40. The zero-order valence-electron chi connectivity index (χ0n) is 12.2. The summed E-state index contributed by atoms with van der Waals surface area (Å²) in [5.41, 5.74) is 1.62. The van der Waals surface area contributed by atoms with Crippen LogP contribution in [0.15, 0.2) is 6.07 Å². The maximum absolute atomic E-state index is 12.7. The molecule has 1 aromatic heterocycles. The lowest BCUT2D eigenvalue weighted by molar-refractivity contribution is -0.0960. The fraction of sp³-hybridized carbons (Fsp3) is 0.733. The highest BCUT2D eigenvalue weighted by Gasteiger charge is 2.41. The van der Waals surface area contributed by atoms with Crippen molar-refractivity contribution in [1.29, 1.82) is 0 Å². The van der Waals surface area contributed by atoms with Gasteiger partial charge < -0.3 is 4.74 Å². The quantitative estimate of drug-likeness (QED) is 0.787. The van der Waals surface area contributed by atoms with Crippen molar-refractivity contribution >= 4 is 17.5 Å². The smallest absolute Gasteiger partial charge is 0.184 e. The molecule has 0 radical (unpaired) electrons. The summed E-state index contributed by atoms with van der Waals surface area (Å²) in [5, 5.41) is 4.29. The molecule has 3 heterocycles. The number of nitrogens with zero attached hydrogens (tertiary/aromatic N) is 2. The zero-order valence-corrected chi connectivity index (χ0v) is 13.0. The number of carbonyl (C=O) groups excluding carboxylic acids is 1. The van der Waals surface area contributed by atoms with Gasteiger partial charge in [0.1, 0.15) is 5.69 Å². The molecular weight excluding hydrogens is 272 g/mol. The maximum Gasteiger partial charge on any atom is 0.184 e. The van der Waals surface area contributed by atoms with Crippen molar-refractivity contribution < 1.29 is 9.53 Å². The third-order valence-corrected chi connectivity index (χ3v) is 5.51. The van der Waals surface area contributed by atoms with E-state index < -0.39 is 0 Å². The minimum absolute atomic E-state index is 0.0303. The van der Waals surface area contributed by atoms with Crippen molar-refractivity contribution in [2.75, 3.05) is 18.1 Å². The SMILES string of the molecule is Cc1cc(C(=O)C2CCOC3(CCSCC3)C2)n(C)n1. The van der Waals surface area contributed by atoms with Gasteiger partial charge in [-0.25, -0.2) is 0 Å². The van der Waals surface area contributed by atoms with Crippen LogP contribution >= 0.6 is 11.8 Å². The van der Waals surface area contributed by atoms with E-state index in [-0.39, 0.29) is 17.3 Å². The molecule has 1 atom stereocenters. The number of thioether (sulfide) groups is 1. The summed E-state index contributed by atoms with van der Waals surface area (Å²) in [6.07, 6.45) is 3.91. The van der Waals surface area contributed by atoms with Crippen molar-refractivity contribution in [1.82, 2.24) is 9.78 Å². The first-order valence-corrected chi connectivity index (χ1v) is 8.52. The molecule has 0 amide bonds. The monoisotopic (exact) mass is 294 g/mol. The maximum atomic E-state index is 12.7. The summed E-state index contributed by atoms with van der Waals surface area (Å²) in [7, 11) is 1.85. The normalized spacial score (nSPS) is 25.8. The van der Waals surface area contributed by atoms with E-state index in [0.717, 1.165) is 55.2 Å². The van der Waals surface area contributed by atoms with Gasteiger partial charge in [-0.15, -0.1) is 0 Å². The van der Waals surface area contributed by atoms with Crippen LogP contribution in [0.1, 0.15) is 41.9 Å². The molecule has 2 fully saturated rings. The van der Waals surface area contributed by atoms with Gasteiger partial charge in [-0.2, -0.15) is 16.9 Å². The van der Waals surface area contributed by atoms with E-state index in [4.69, 9.17) is 4.74 Å². The van der Waals surface area contributed by atoms with E-state index in [9.17, 15) is 4.79 Å². The molecule has 5 heteroatoms. The predicted molar refractivity (Wildman–Crippen MR) is 80.2 cm³/mol.